The van der Waals surface area contributed by atoms with E-state index in [4.69, 9.17) is 18.9 Å². The number of methoxy groups -OCH3 is 2. The summed E-state index contributed by atoms with van der Waals surface area (Å²) in [5.41, 5.74) is 0. The van der Waals surface area contributed by atoms with Crippen molar-refractivity contribution in [3.05, 3.63) is 12.3 Å². The van der Waals surface area contributed by atoms with Gasteiger partial charge in [0.2, 0.25) is 0 Å². The Kier molecular flexibility index (Phi) is 23.0. The summed E-state index contributed by atoms with van der Waals surface area (Å²) in [4.78, 5) is 0. The lowest BCUT2D eigenvalue weighted by Crippen LogP contribution is -2.12. The van der Waals surface area contributed by atoms with Crippen molar-refractivity contribution in [1.82, 2.24) is 0 Å². The Morgan fingerprint density at radius 2 is 1.30 bits per heavy atom. The second-order valence-corrected chi connectivity index (χ2v) is 7.29. The SMILES string of the molecule is CCCCCCOCOC=CCCCCCCCCCCCC(OC)OC. The third-order valence-electron chi connectivity index (χ3n) is 4.82. The lowest BCUT2D eigenvalue weighted by molar-refractivity contribution is -0.107. The molecule has 0 amide bonds. The molecule has 0 fully saturated rings. The van der Waals surface area contributed by atoms with Gasteiger partial charge in [0.25, 0.3) is 0 Å². The predicted octanol–water partition coefficient (Wildman–Crippen LogP) is 6.98. The summed E-state index contributed by atoms with van der Waals surface area (Å²) in [5, 5.41) is 0. The number of hydrogen-bond acceptors (Lipinski definition) is 4. The standard InChI is InChI=1S/C23H46O4/c1-4-5-6-17-20-26-22-27-21-18-15-13-11-9-7-8-10-12-14-16-19-23(24-2)25-3/h18,21,23H,4-17,19-20,22H2,1-3H3. The monoisotopic (exact) mass is 386 g/mol. The average Bonchev–Trinajstić information content (AvgIpc) is 2.69. The predicted molar refractivity (Wildman–Crippen MR) is 114 cm³/mol. The lowest BCUT2D eigenvalue weighted by atomic mass is 10.1. The van der Waals surface area contributed by atoms with E-state index in [1.165, 1.54) is 77.0 Å². The molecular weight excluding hydrogens is 340 g/mol. The molecule has 0 aromatic rings. The second-order valence-electron chi connectivity index (χ2n) is 7.29. The Bertz CT molecular complexity index is 290. The molecular formula is C23H46O4. The van der Waals surface area contributed by atoms with Crippen LogP contribution in [0, 0.1) is 0 Å². The lowest BCUT2D eigenvalue weighted by Gasteiger charge is -2.12. The van der Waals surface area contributed by atoms with Gasteiger partial charge in [-0.15, -0.1) is 0 Å². The largest absolute Gasteiger partial charge is 0.475 e. The van der Waals surface area contributed by atoms with E-state index in [9.17, 15) is 0 Å². The van der Waals surface area contributed by atoms with Crippen LogP contribution in [0.1, 0.15) is 103 Å². The maximum atomic E-state index is 5.42. The molecule has 0 aromatic carbocycles. The van der Waals surface area contributed by atoms with E-state index >= 15 is 0 Å². The fourth-order valence-electron chi connectivity index (χ4n) is 3.06. The molecule has 0 N–H and O–H groups in total. The molecule has 0 heterocycles. The molecule has 0 saturated carbocycles. The Morgan fingerprint density at radius 3 is 1.93 bits per heavy atom. The Labute approximate surface area is 169 Å². The van der Waals surface area contributed by atoms with Gasteiger partial charge >= 0.3 is 0 Å². The molecule has 0 aliphatic rings. The van der Waals surface area contributed by atoms with Crippen LogP contribution in [0.2, 0.25) is 0 Å². The minimum atomic E-state index is -0.0208. The highest BCUT2D eigenvalue weighted by Gasteiger charge is 2.03. The van der Waals surface area contributed by atoms with Gasteiger partial charge in [-0.1, -0.05) is 71.1 Å². The number of rotatable bonds is 22. The van der Waals surface area contributed by atoms with Gasteiger partial charge in [0, 0.05) is 14.2 Å². The summed E-state index contributed by atoms with van der Waals surface area (Å²) in [7, 11) is 3.42. The molecule has 0 rings (SSSR count). The van der Waals surface area contributed by atoms with Crippen molar-refractivity contribution in [2.45, 2.75) is 110 Å². The third kappa shape index (κ3) is 21.6. The smallest absolute Gasteiger partial charge is 0.188 e. The zero-order valence-corrected chi connectivity index (χ0v) is 18.4. The second kappa shape index (κ2) is 23.5. The zero-order valence-electron chi connectivity index (χ0n) is 18.4. The van der Waals surface area contributed by atoms with Gasteiger partial charge in [-0.05, 0) is 38.2 Å². The molecule has 162 valence electrons. The van der Waals surface area contributed by atoms with Crippen LogP contribution in [0.3, 0.4) is 0 Å². The summed E-state index contributed by atoms with van der Waals surface area (Å²) in [6.07, 6.45) is 22.8. The Balaban J connectivity index is 3.12. The van der Waals surface area contributed by atoms with Crippen LogP contribution < -0.4 is 0 Å². The molecule has 0 bridgehead atoms. The van der Waals surface area contributed by atoms with Crippen molar-refractivity contribution in [2.24, 2.45) is 0 Å². The zero-order chi connectivity index (χ0) is 19.8. The first kappa shape index (κ1) is 26.4. The van der Waals surface area contributed by atoms with E-state index in [0.717, 1.165) is 25.9 Å². The number of ether oxygens (including phenoxy) is 4. The quantitative estimate of drug-likeness (QED) is 0.114. The van der Waals surface area contributed by atoms with E-state index in [1.54, 1.807) is 20.5 Å². The highest BCUT2D eigenvalue weighted by atomic mass is 16.7. The van der Waals surface area contributed by atoms with Crippen molar-refractivity contribution < 1.29 is 18.9 Å². The van der Waals surface area contributed by atoms with Crippen LogP contribution in [-0.2, 0) is 18.9 Å². The first-order valence-electron chi connectivity index (χ1n) is 11.2. The molecule has 0 aliphatic carbocycles. The molecule has 0 unspecified atom stereocenters. The van der Waals surface area contributed by atoms with Crippen molar-refractivity contribution in [2.75, 3.05) is 27.6 Å². The van der Waals surface area contributed by atoms with Crippen molar-refractivity contribution >= 4 is 0 Å². The molecule has 0 spiro atoms. The van der Waals surface area contributed by atoms with Gasteiger partial charge in [-0.25, -0.2) is 0 Å². The van der Waals surface area contributed by atoms with Gasteiger partial charge in [0.05, 0.1) is 12.9 Å². The Hall–Kier alpha value is -0.580. The maximum absolute atomic E-state index is 5.42. The van der Waals surface area contributed by atoms with Gasteiger partial charge in [0.15, 0.2) is 13.1 Å². The fourth-order valence-corrected chi connectivity index (χ4v) is 3.06. The summed E-state index contributed by atoms with van der Waals surface area (Å²) in [5.74, 6) is 0. The van der Waals surface area contributed by atoms with Crippen LogP contribution in [0.5, 0.6) is 0 Å². The topological polar surface area (TPSA) is 36.9 Å². The van der Waals surface area contributed by atoms with Crippen LogP contribution in [0.25, 0.3) is 0 Å². The van der Waals surface area contributed by atoms with E-state index in [1.807, 2.05) is 0 Å². The summed E-state index contributed by atoms with van der Waals surface area (Å²) in [6.45, 7) is 3.42. The van der Waals surface area contributed by atoms with Crippen molar-refractivity contribution in [3.63, 3.8) is 0 Å². The molecule has 0 aromatic heterocycles. The van der Waals surface area contributed by atoms with E-state index in [2.05, 4.69) is 13.0 Å². The van der Waals surface area contributed by atoms with Gasteiger partial charge < -0.3 is 18.9 Å². The van der Waals surface area contributed by atoms with Crippen LogP contribution in [-0.4, -0.2) is 33.9 Å². The first-order valence-corrected chi connectivity index (χ1v) is 11.2. The number of hydrogen-bond donors (Lipinski definition) is 0. The van der Waals surface area contributed by atoms with Gasteiger partial charge in [-0.2, -0.15) is 0 Å². The first-order chi connectivity index (χ1) is 13.3. The Morgan fingerprint density at radius 1 is 0.704 bits per heavy atom. The van der Waals surface area contributed by atoms with Crippen LogP contribution >= 0.6 is 0 Å². The van der Waals surface area contributed by atoms with Crippen molar-refractivity contribution in [3.8, 4) is 0 Å². The van der Waals surface area contributed by atoms with Gasteiger partial charge in [0.1, 0.15) is 0 Å². The molecule has 0 aliphatic heterocycles. The molecule has 4 nitrogen and oxygen atoms in total. The maximum Gasteiger partial charge on any atom is 0.188 e. The molecule has 0 atom stereocenters. The minimum absolute atomic E-state index is 0.0208. The van der Waals surface area contributed by atoms with Gasteiger partial charge in [-0.3, -0.25) is 0 Å². The highest BCUT2D eigenvalue weighted by molar-refractivity contribution is 4.72. The number of unbranched alkanes of at least 4 members (excludes halogenated alkanes) is 12. The summed E-state index contributed by atoms with van der Waals surface area (Å²) in [6, 6.07) is 0. The van der Waals surface area contributed by atoms with E-state index < -0.39 is 0 Å². The average molecular weight is 387 g/mol. The molecule has 27 heavy (non-hydrogen) atoms. The van der Waals surface area contributed by atoms with Crippen molar-refractivity contribution in [1.29, 1.82) is 0 Å². The third-order valence-corrected chi connectivity index (χ3v) is 4.82. The number of allylic oxidation sites excluding steroid dienone is 1. The fraction of sp³-hybridized carbons (Fsp3) is 0.913. The van der Waals surface area contributed by atoms with E-state index in [-0.39, 0.29) is 6.29 Å². The summed E-state index contributed by atoms with van der Waals surface area (Å²) < 4.78 is 21.2. The summed E-state index contributed by atoms with van der Waals surface area (Å²) >= 11 is 0. The minimum Gasteiger partial charge on any atom is -0.475 e. The van der Waals surface area contributed by atoms with E-state index in [0.29, 0.717) is 6.79 Å². The molecule has 0 saturated heterocycles. The molecule has 0 radical (unpaired) electrons. The van der Waals surface area contributed by atoms with Crippen LogP contribution in [0.15, 0.2) is 12.3 Å². The highest BCUT2D eigenvalue weighted by Crippen LogP contribution is 2.13. The normalized spacial score (nSPS) is 11.7. The van der Waals surface area contributed by atoms with Crippen LogP contribution in [0.4, 0.5) is 0 Å². The molecule has 4 heteroatoms.